The van der Waals surface area contributed by atoms with Crippen LogP contribution in [0.15, 0.2) is 48.5 Å². The van der Waals surface area contributed by atoms with Gasteiger partial charge in [-0.05, 0) is 35.2 Å². The molecule has 4 heteroatoms. The Morgan fingerprint density at radius 2 is 2.00 bits per heavy atom. The van der Waals surface area contributed by atoms with Crippen molar-refractivity contribution in [2.75, 3.05) is 5.32 Å². The van der Waals surface area contributed by atoms with E-state index in [1.165, 1.54) is 11.1 Å². The third-order valence-electron chi connectivity index (χ3n) is 3.77. The van der Waals surface area contributed by atoms with E-state index < -0.39 is 0 Å². The van der Waals surface area contributed by atoms with E-state index in [-0.39, 0.29) is 18.6 Å². The second kappa shape index (κ2) is 6.08. The number of hydrogen-bond donors (Lipinski definition) is 3. The Bertz CT molecular complexity index is 655. The number of aliphatic hydroxyl groups excluding tert-OH is 1. The lowest BCUT2D eigenvalue weighted by molar-refractivity contribution is -0.118. The first-order chi connectivity index (χ1) is 10.3. The molecule has 21 heavy (non-hydrogen) atoms. The molecule has 3 rings (SSSR count). The molecule has 0 aromatic heterocycles. The maximum atomic E-state index is 12.3. The van der Waals surface area contributed by atoms with Gasteiger partial charge in [0.15, 0.2) is 0 Å². The summed E-state index contributed by atoms with van der Waals surface area (Å²) in [6, 6.07) is 15.2. The summed E-state index contributed by atoms with van der Waals surface area (Å²) < 4.78 is 0. The van der Waals surface area contributed by atoms with Gasteiger partial charge in [-0.15, -0.1) is 0 Å². The minimum atomic E-state index is -0.224. The number of anilines is 1. The van der Waals surface area contributed by atoms with Crippen LogP contribution >= 0.6 is 0 Å². The number of hydrogen-bond acceptors (Lipinski definition) is 3. The fraction of sp³-hybridized carbons (Fsp3) is 0.235. The van der Waals surface area contributed by atoms with Crippen molar-refractivity contribution in [3.05, 3.63) is 65.2 Å². The van der Waals surface area contributed by atoms with Gasteiger partial charge in [-0.3, -0.25) is 4.79 Å². The molecule has 108 valence electrons. The number of nitrogens with one attached hydrogen (secondary N) is 2. The Labute approximate surface area is 123 Å². The summed E-state index contributed by atoms with van der Waals surface area (Å²) in [4.78, 5) is 12.3. The highest BCUT2D eigenvalue weighted by Gasteiger charge is 2.23. The zero-order valence-electron chi connectivity index (χ0n) is 11.7. The lowest BCUT2D eigenvalue weighted by Gasteiger charge is -2.25. The van der Waals surface area contributed by atoms with Gasteiger partial charge in [0.1, 0.15) is 0 Å². The predicted molar refractivity (Wildman–Crippen MR) is 81.8 cm³/mol. The van der Waals surface area contributed by atoms with Crippen LogP contribution < -0.4 is 10.6 Å². The van der Waals surface area contributed by atoms with Crippen LogP contribution in [-0.4, -0.2) is 17.1 Å². The summed E-state index contributed by atoms with van der Waals surface area (Å²) >= 11 is 0. The Morgan fingerprint density at radius 3 is 2.81 bits per heavy atom. The van der Waals surface area contributed by atoms with Gasteiger partial charge in [-0.1, -0.05) is 36.4 Å². The minimum Gasteiger partial charge on any atom is -0.392 e. The Hall–Kier alpha value is -2.17. The van der Waals surface area contributed by atoms with E-state index in [1.807, 2.05) is 30.3 Å². The Balaban J connectivity index is 1.69. The van der Waals surface area contributed by atoms with Crippen molar-refractivity contribution >= 4 is 11.6 Å². The van der Waals surface area contributed by atoms with Crippen LogP contribution in [0.5, 0.6) is 0 Å². The maximum Gasteiger partial charge on any atom is 0.241 e. The standard InChI is InChI=1S/C17H18N2O2/c20-11-12-4-3-7-15(8-12)19-17(21)16-9-13-5-1-2-6-14(13)10-18-16/h1-8,16,18,20H,9-11H2,(H,19,21). The molecular formula is C17H18N2O2. The summed E-state index contributed by atoms with van der Waals surface area (Å²) in [5.41, 5.74) is 3.98. The van der Waals surface area contributed by atoms with Crippen LogP contribution in [0.2, 0.25) is 0 Å². The average molecular weight is 282 g/mol. The van der Waals surface area contributed by atoms with E-state index in [1.54, 1.807) is 6.07 Å². The lowest BCUT2D eigenvalue weighted by Crippen LogP contribution is -2.44. The van der Waals surface area contributed by atoms with E-state index >= 15 is 0 Å². The monoisotopic (exact) mass is 282 g/mol. The summed E-state index contributed by atoms with van der Waals surface area (Å²) in [5.74, 6) is -0.0420. The summed E-state index contributed by atoms with van der Waals surface area (Å²) in [7, 11) is 0. The normalized spacial score (nSPS) is 17.1. The zero-order chi connectivity index (χ0) is 14.7. The average Bonchev–Trinajstić information content (AvgIpc) is 2.54. The van der Waals surface area contributed by atoms with Gasteiger partial charge in [0.05, 0.1) is 12.6 Å². The van der Waals surface area contributed by atoms with E-state index in [2.05, 4.69) is 22.8 Å². The molecule has 2 aromatic carbocycles. The Morgan fingerprint density at radius 1 is 1.19 bits per heavy atom. The first kappa shape index (κ1) is 13.8. The van der Waals surface area contributed by atoms with Crippen molar-refractivity contribution in [2.24, 2.45) is 0 Å². The molecule has 0 fully saturated rings. The van der Waals surface area contributed by atoms with Gasteiger partial charge in [-0.25, -0.2) is 0 Å². The first-order valence-electron chi connectivity index (χ1n) is 7.07. The van der Waals surface area contributed by atoms with Crippen molar-refractivity contribution in [2.45, 2.75) is 25.6 Å². The van der Waals surface area contributed by atoms with Crippen LogP contribution in [0.1, 0.15) is 16.7 Å². The fourth-order valence-corrected chi connectivity index (χ4v) is 2.62. The van der Waals surface area contributed by atoms with Crippen molar-refractivity contribution in [1.29, 1.82) is 0 Å². The van der Waals surface area contributed by atoms with Gasteiger partial charge < -0.3 is 15.7 Å². The van der Waals surface area contributed by atoms with Crippen molar-refractivity contribution in [1.82, 2.24) is 5.32 Å². The van der Waals surface area contributed by atoms with Gasteiger partial charge in [0.25, 0.3) is 0 Å². The number of fused-ring (bicyclic) bond motifs is 1. The molecule has 1 aliphatic heterocycles. The smallest absolute Gasteiger partial charge is 0.241 e. The molecule has 1 heterocycles. The molecule has 1 amide bonds. The quantitative estimate of drug-likeness (QED) is 0.805. The maximum absolute atomic E-state index is 12.3. The van der Waals surface area contributed by atoms with E-state index in [0.29, 0.717) is 18.7 Å². The third-order valence-corrected chi connectivity index (χ3v) is 3.77. The van der Waals surface area contributed by atoms with E-state index in [0.717, 1.165) is 5.56 Å². The highest BCUT2D eigenvalue weighted by molar-refractivity contribution is 5.95. The van der Waals surface area contributed by atoms with Crippen LogP contribution in [0.3, 0.4) is 0 Å². The van der Waals surface area contributed by atoms with Gasteiger partial charge in [0, 0.05) is 12.2 Å². The molecule has 0 spiro atoms. The van der Waals surface area contributed by atoms with Gasteiger partial charge in [-0.2, -0.15) is 0 Å². The second-order valence-electron chi connectivity index (χ2n) is 5.25. The number of amides is 1. The van der Waals surface area contributed by atoms with Crippen molar-refractivity contribution < 1.29 is 9.90 Å². The first-order valence-corrected chi connectivity index (χ1v) is 7.07. The van der Waals surface area contributed by atoms with E-state index in [9.17, 15) is 4.79 Å². The number of carbonyl (C=O) groups is 1. The highest BCUT2D eigenvalue weighted by atomic mass is 16.3. The van der Waals surface area contributed by atoms with E-state index in [4.69, 9.17) is 5.11 Å². The van der Waals surface area contributed by atoms with Crippen LogP contribution in [-0.2, 0) is 24.4 Å². The lowest BCUT2D eigenvalue weighted by atomic mass is 9.95. The Kier molecular flexibility index (Phi) is 3.99. The molecule has 0 saturated heterocycles. The molecule has 1 unspecified atom stereocenters. The largest absolute Gasteiger partial charge is 0.392 e. The van der Waals surface area contributed by atoms with Crippen molar-refractivity contribution in [3.63, 3.8) is 0 Å². The molecule has 0 saturated carbocycles. The molecule has 0 bridgehead atoms. The molecule has 3 N–H and O–H groups in total. The molecule has 1 atom stereocenters. The second-order valence-corrected chi connectivity index (χ2v) is 5.25. The molecule has 2 aromatic rings. The number of benzene rings is 2. The van der Waals surface area contributed by atoms with Crippen LogP contribution in [0, 0.1) is 0 Å². The van der Waals surface area contributed by atoms with Crippen molar-refractivity contribution in [3.8, 4) is 0 Å². The number of rotatable bonds is 3. The van der Waals surface area contributed by atoms with Gasteiger partial charge >= 0.3 is 0 Å². The third kappa shape index (κ3) is 3.12. The predicted octanol–water partition coefficient (Wildman–Crippen LogP) is 1.83. The highest BCUT2D eigenvalue weighted by Crippen LogP contribution is 2.18. The molecule has 0 aliphatic carbocycles. The summed E-state index contributed by atoms with van der Waals surface area (Å²) in [6.07, 6.45) is 0.696. The fourth-order valence-electron chi connectivity index (χ4n) is 2.62. The summed E-state index contributed by atoms with van der Waals surface area (Å²) in [6.45, 7) is 0.684. The molecule has 0 radical (unpaired) electrons. The topological polar surface area (TPSA) is 61.4 Å². The summed E-state index contributed by atoms with van der Waals surface area (Å²) in [5, 5.41) is 15.3. The number of carbonyl (C=O) groups excluding carboxylic acids is 1. The molecule has 4 nitrogen and oxygen atoms in total. The minimum absolute atomic E-state index is 0.0290. The molecule has 1 aliphatic rings. The zero-order valence-corrected chi connectivity index (χ0v) is 11.7. The molecular weight excluding hydrogens is 264 g/mol. The SMILES string of the molecule is O=C(Nc1cccc(CO)c1)C1Cc2ccccc2CN1. The van der Waals surface area contributed by atoms with Gasteiger partial charge in [0.2, 0.25) is 5.91 Å². The van der Waals surface area contributed by atoms with Crippen LogP contribution in [0.4, 0.5) is 5.69 Å². The van der Waals surface area contributed by atoms with Crippen LogP contribution in [0.25, 0.3) is 0 Å². The number of aliphatic hydroxyl groups is 1.